The number of benzene rings is 1. The number of rotatable bonds is 6. The van der Waals surface area contributed by atoms with Crippen molar-refractivity contribution in [2.45, 2.75) is 6.92 Å². The van der Waals surface area contributed by atoms with Crippen LogP contribution in [0, 0.1) is 0 Å². The maximum Gasteiger partial charge on any atom is 0.326 e. The molecule has 0 N–H and O–H groups in total. The van der Waals surface area contributed by atoms with Gasteiger partial charge in [-0.3, -0.25) is 9.10 Å². The summed E-state index contributed by atoms with van der Waals surface area (Å²) >= 11 is 0. The van der Waals surface area contributed by atoms with Gasteiger partial charge in [0.15, 0.2) is 0 Å². The van der Waals surface area contributed by atoms with Crippen molar-refractivity contribution >= 4 is 21.7 Å². The third-order valence-electron chi connectivity index (χ3n) is 2.34. The maximum atomic E-state index is 11.7. The van der Waals surface area contributed by atoms with Crippen LogP contribution >= 0.6 is 0 Å². The quantitative estimate of drug-likeness (QED) is 0.730. The van der Waals surface area contributed by atoms with Gasteiger partial charge in [0.1, 0.15) is 12.3 Å². The highest BCUT2D eigenvalue weighted by molar-refractivity contribution is 7.92. The number of hydrogen-bond acceptors (Lipinski definition) is 5. The third kappa shape index (κ3) is 4.44. The first-order valence-corrected chi connectivity index (χ1v) is 7.50. The summed E-state index contributed by atoms with van der Waals surface area (Å²) < 4.78 is 34.2. The molecule has 0 saturated carbocycles. The average Bonchev–Trinajstić information content (AvgIpc) is 2.35. The molecule has 0 fully saturated rings. The van der Waals surface area contributed by atoms with Crippen LogP contribution in [0.15, 0.2) is 24.3 Å². The highest BCUT2D eigenvalue weighted by atomic mass is 32.2. The summed E-state index contributed by atoms with van der Waals surface area (Å²) in [4.78, 5) is 11.4. The molecule has 1 aromatic rings. The number of methoxy groups -OCH3 is 1. The molecule has 0 amide bonds. The molecule has 0 spiro atoms. The number of carbonyl (C=O) groups excluding carboxylic acids is 1. The van der Waals surface area contributed by atoms with E-state index in [1.165, 1.54) is 7.11 Å². The van der Waals surface area contributed by atoms with Crippen molar-refractivity contribution in [1.82, 2.24) is 0 Å². The lowest BCUT2D eigenvalue weighted by Gasteiger charge is -2.21. The Bertz CT molecular complexity index is 524. The summed E-state index contributed by atoms with van der Waals surface area (Å²) in [5.41, 5.74) is 0.386. The van der Waals surface area contributed by atoms with Crippen molar-refractivity contribution < 1.29 is 22.7 Å². The molecular formula is C12H17NO5S. The number of ether oxygens (including phenoxy) is 2. The van der Waals surface area contributed by atoms with E-state index in [1.807, 2.05) is 0 Å². The number of sulfonamides is 1. The molecule has 0 aromatic heterocycles. The molecule has 0 aliphatic heterocycles. The van der Waals surface area contributed by atoms with Gasteiger partial charge in [-0.25, -0.2) is 8.42 Å². The van der Waals surface area contributed by atoms with Gasteiger partial charge in [0.05, 0.1) is 25.7 Å². The van der Waals surface area contributed by atoms with E-state index >= 15 is 0 Å². The van der Waals surface area contributed by atoms with Gasteiger partial charge in [-0.1, -0.05) is 0 Å². The van der Waals surface area contributed by atoms with E-state index in [0.717, 1.165) is 10.6 Å². The van der Waals surface area contributed by atoms with Gasteiger partial charge in [0.2, 0.25) is 10.0 Å². The molecular weight excluding hydrogens is 270 g/mol. The lowest BCUT2D eigenvalue weighted by molar-refractivity contribution is -0.141. The minimum absolute atomic E-state index is 0.207. The van der Waals surface area contributed by atoms with Gasteiger partial charge >= 0.3 is 5.97 Å². The fourth-order valence-electron chi connectivity index (χ4n) is 1.47. The van der Waals surface area contributed by atoms with Gasteiger partial charge in [-0.15, -0.1) is 0 Å². The summed E-state index contributed by atoms with van der Waals surface area (Å²) in [6.45, 7) is 1.52. The van der Waals surface area contributed by atoms with Crippen molar-refractivity contribution in [3.8, 4) is 5.75 Å². The SMILES string of the molecule is CCOC(=O)CN(c1ccc(OC)cc1)S(C)(=O)=O. The summed E-state index contributed by atoms with van der Waals surface area (Å²) in [7, 11) is -2.04. The fourth-order valence-corrected chi connectivity index (χ4v) is 2.32. The molecule has 0 aliphatic rings. The minimum Gasteiger partial charge on any atom is -0.497 e. The minimum atomic E-state index is -3.56. The number of carbonyl (C=O) groups is 1. The third-order valence-corrected chi connectivity index (χ3v) is 3.48. The highest BCUT2D eigenvalue weighted by Crippen LogP contribution is 2.21. The van der Waals surface area contributed by atoms with E-state index in [2.05, 4.69) is 0 Å². The Hall–Kier alpha value is -1.76. The van der Waals surface area contributed by atoms with Crippen LogP contribution in [0.4, 0.5) is 5.69 Å². The Balaban J connectivity index is 3.00. The van der Waals surface area contributed by atoms with E-state index in [1.54, 1.807) is 31.2 Å². The van der Waals surface area contributed by atoms with Crippen molar-refractivity contribution in [1.29, 1.82) is 0 Å². The van der Waals surface area contributed by atoms with Gasteiger partial charge in [-0.2, -0.15) is 0 Å². The predicted molar refractivity (Wildman–Crippen MR) is 71.8 cm³/mol. The van der Waals surface area contributed by atoms with Crippen LogP contribution in [0.3, 0.4) is 0 Å². The van der Waals surface area contributed by atoms with Gasteiger partial charge in [-0.05, 0) is 31.2 Å². The van der Waals surface area contributed by atoms with Crippen LogP contribution < -0.4 is 9.04 Å². The maximum absolute atomic E-state index is 11.7. The average molecular weight is 287 g/mol. The first kappa shape index (κ1) is 15.3. The second kappa shape index (κ2) is 6.42. The number of anilines is 1. The molecule has 0 bridgehead atoms. The lowest BCUT2D eigenvalue weighted by atomic mass is 10.3. The molecule has 0 unspecified atom stereocenters. The van der Waals surface area contributed by atoms with Crippen LogP contribution in [0.2, 0.25) is 0 Å². The molecule has 0 saturated heterocycles. The van der Waals surface area contributed by atoms with E-state index in [-0.39, 0.29) is 13.2 Å². The Labute approximate surface area is 113 Å². The number of nitrogens with zero attached hydrogens (tertiary/aromatic N) is 1. The summed E-state index contributed by atoms with van der Waals surface area (Å²) in [5.74, 6) is 0.0112. The molecule has 0 atom stereocenters. The van der Waals surface area contributed by atoms with Gasteiger partial charge < -0.3 is 9.47 Å². The zero-order chi connectivity index (χ0) is 14.5. The Morgan fingerprint density at radius 2 is 1.84 bits per heavy atom. The molecule has 106 valence electrons. The molecule has 0 aliphatic carbocycles. The smallest absolute Gasteiger partial charge is 0.326 e. The second-order valence-corrected chi connectivity index (χ2v) is 5.68. The molecule has 1 rings (SSSR count). The fraction of sp³-hybridized carbons (Fsp3) is 0.417. The van der Waals surface area contributed by atoms with Crippen molar-refractivity contribution in [3.05, 3.63) is 24.3 Å². The topological polar surface area (TPSA) is 72.9 Å². The van der Waals surface area contributed by atoms with E-state index in [9.17, 15) is 13.2 Å². The zero-order valence-electron chi connectivity index (χ0n) is 11.1. The molecule has 6 nitrogen and oxygen atoms in total. The molecule has 0 radical (unpaired) electrons. The second-order valence-electron chi connectivity index (χ2n) is 3.77. The standard InChI is InChI=1S/C12H17NO5S/c1-4-18-12(14)9-13(19(3,15)16)10-5-7-11(17-2)8-6-10/h5-8H,4,9H2,1-3H3. The Morgan fingerprint density at radius 1 is 1.26 bits per heavy atom. The van der Waals surface area contributed by atoms with Crippen LogP contribution in [0.1, 0.15) is 6.92 Å². The summed E-state index contributed by atoms with van der Waals surface area (Å²) in [5, 5.41) is 0. The van der Waals surface area contributed by atoms with Crippen molar-refractivity contribution in [2.75, 3.05) is 30.8 Å². The highest BCUT2D eigenvalue weighted by Gasteiger charge is 2.21. The predicted octanol–water partition coefficient (Wildman–Crippen LogP) is 1.02. The normalized spacial score (nSPS) is 10.9. The van der Waals surface area contributed by atoms with Crippen molar-refractivity contribution in [2.24, 2.45) is 0 Å². The zero-order valence-corrected chi connectivity index (χ0v) is 11.9. The Kier molecular flexibility index (Phi) is 5.17. The van der Waals surface area contributed by atoms with Crippen LogP contribution in [-0.4, -0.2) is 40.9 Å². The summed E-state index contributed by atoms with van der Waals surface area (Å²) in [6.07, 6.45) is 1.04. The molecule has 1 aromatic carbocycles. The first-order valence-electron chi connectivity index (χ1n) is 5.66. The van der Waals surface area contributed by atoms with Crippen LogP contribution in [0.25, 0.3) is 0 Å². The Morgan fingerprint density at radius 3 is 2.26 bits per heavy atom. The van der Waals surface area contributed by atoms with Gasteiger partial charge in [0, 0.05) is 0 Å². The molecule has 19 heavy (non-hydrogen) atoms. The van der Waals surface area contributed by atoms with Crippen molar-refractivity contribution in [3.63, 3.8) is 0 Å². The van der Waals surface area contributed by atoms with Crippen LogP contribution in [-0.2, 0) is 19.6 Å². The lowest BCUT2D eigenvalue weighted by Crippen LogP contribution is -2.35. The molecule has 0 heterocycles. The van der Waals surface area contributed by atoms with Gasteiger partial charge in [0.25, 0.3) is 0 Å². The summed E-state index contributed by atoms with van der Waals surface area (Å²) in [6, 6.07) is 6.38. The first-order chi connectivity index (χ1) is 8.88. The number of esters is 1. The number of hydrogen-bond donors (Lipinski definition) is 0. The largest absolute Gasteiger partial charge is 0.497 e. The monoisotopic (exact) mass is 287 g/mol. The van der Waals surface area contributed by atoms with E-state index < -0.39 is 16.0 Å². The molecule has 7 heteroatoms. The van der Waals surface area contributed by atoms with Crippen LogP contribution in [0.5, 0.6) is 5.75 Å². The van der Waals surface area contributed by atoms with E-state index in [4.69, 9.17) is 9.47 Å². The van der Waals surface area contributed by atoms with E-state index in [0.29, 0.717) is 11.4 Å².